The Balaban J connectivity index is 1.86. The lowest BCUT2D eigenvalue weighted by Gasteiger charge is -2.44. The Morgan fingerprint density at radius 3 is 2.33 bits per heavy atom. The summed E-state index contributed by atoms with van der Waals surface area (Å²) in [7, 11) is 0. The van der Waals surface area contributed by atoms with E-state index in [-0.39, 0.29) is 23.3 Å². The van der Waals surface area contributed by atoms with Crippen LogP contribution in [-0.2, 0) is 9.59 Å². The zero-order valence-corrected chi connectivity index (χ0v) is 11.1. The number of piperidine rings is 1. The van der Waals surface area contributed by atoms with Crippen molar-refractivity contribution < 1.29 is 9.59 Å². The van der Waals surface area contributed by atoms with Crippen molar-refractivity contribution in [2.45, 2.75) is 45.1 Å². The molecule has 1 heterocycles. The standard InChI is InChI=1S/C13H23N3O2/c1-10(17)15-11-3-7-16(8-4-11)12(18)13(9-14)5-2-6-13/h11H,2-9,14H2,1H3,(H,15,17). The van der Waals surface area contributed by atoms with Crippen LogP contribution in [-0.4, -0.2) is 42.4 Å². The van der Waals surface area contributed by atoms with Crippen LogP contribution in [0.25, 0.3) is 0 Å². The molecule has 2 amide bonds. The molecule has 0 aromatic rings. The molecule has 1 saturated carbocycles. The monoisotopic (exact) mass is 253 g/mol. The topological polar surface area (TPSA) is 75.4 Å². The summed E-state index contributed by atoms with van der Waals surface area (Å²) >= 11 is 0. The molecule has 102 valence electrons. The summed E-state index contributed by atoms with van der Waals surface area (Å²) < 4.78 is 0. The highest BCUT2D eigenvalue weighted by molar-refractivity contribution is 5.84. The highest BCUT2D eigenvalue weighted by atomic mass is 16.2. The molecular formula is C13H23N3O2. The van der Waals surface area contributed by atoms with Crippen molar-refractivity contribution in [2.24, 2.45) is 11.1 Å². The van der Waals surface area contributed by atoms with Crippen LogP contribution in [0.15, 0.2) is 0 Å². The van der Waals surface area contributed by atoms with Crippen LogP contribution in [0.5, 0.6) is 0 Å². The van der Waals surface area contributed by atoms with Gasteiger partial charge in [-0.05, 0) is 25.7 Å². The fraction of sp³-hybridized carbons (Fsp3) is 0.846. The van der Waals surface area contributed by atoms with Gasteiger partial charge in [0.1, 0.15) is 0 Å². The fourth-order valence-electron chi connectivity index (χ4n) is 2.96. The molecule has 1 saturated heterocycles. The van der Waals surface area contributed by atoms with Gasteiger partial charge in [0.05, 0.1) is 5.41 Å². The summed E-state index contributed by atoms with van der Waals surface area (Å²) in [5.74, 6) is 0.245. The minimum absolute atomic E-state index is 0.0113. The van der Waals surface area contributed by atoms with Crippen molar-refractivity contribution in [2.75, 3.05) is 19.6 Å². The predicted octanol–water partition coefficient (Wildman–Crippen LogP) is 0.243. The van der Waals surface area contributed by atoms with E-state index in [0.717, 1.165) is 45.2 Å². The molecule has 0 aromatic carbocycles. The lowest BCUT2D eigenvalue weighted by atomic mass is 9.67. The van der Waals surface area contributed by atoms with Crippen molar-refractivity contribution in [1.29, 1.82) is 0 Å². The molecule has 0 radical (unpaired) electrons. The summed E-state index contributed by atoms with van der Waals surface area (Å²) in [6.07, 6.45) is 4.70. The summed E-state index contributed by atoms with van der Waals surface area (Å²) in [6.45, 7) is 3.49. The number of likely N-dealkylation sites (tertiary alicyclic amines) is 1. The van der Waals surface area contributed by atoms with E-state index in [1.54, 1.807) is 0 Å². The van der Waals surface area contributed by atoms with E-state index in [1.165, 1.54) is 6.92 Å². The molecule has 5 nitrogen and oxygen atoms in total. The molecule has 0 spiro atoms. The molecule has 5 heteroatoms. The van der Waals surface area contributed by atoms with E-state index in [1.807, 2.05) is 4.90 Å². The van der Waals surface area contributed by atoms with Crippen LogP contribution in [0.4, 0.5) is 0 Å². The van der Waals surface area contributed by atoms with Crippen molar-refractivity contribution in [3.05, 3.63) is 0 Å². The smallest absolute Gasteiger partial charge is 0.230 e. The van der Waals surface area contributed by atoms with Crippen LogP contribution >= 0.6 is 0 Å². The van der Waals surface area contributed by atoms with Gasteiger partial charge in [-0.2, -0.15) is 0 Å². The molecule has 2 rings (SSSR count). The molecular weight excluding hydrogens is 230 g/mol. The quantitative estimate of drug-likeness (QED) is 0.756. The molecule has 1 aliphatic heterocycles. The summed E-state index contributed by atoms with van der Waals surface area (Å²) in [4.78, 5) is 25.3. The molecule has 0 bridgehead atoms. The van der Waals surface area contributed by atoms with Crippen molar-refractivity contribution in [3.63, 3.8) is 0 Å². The van der Waals surface area contributed by atoms with Gasteiger partial charge in [-0.1, -0.05) is 6.42 Å². The maximum Gasteiger partial charge on any atom is 0.230 e. The van der Waals surface area contributed by atoms with E-state index in [4.69, 9.17) is 5.73 Å². The molecule has 18 heavy (non-hydrogen) atoms. The first kappa shape index (κ1) is 13.3. The van der Waals surface area contributed by atoms with Crippen LogP contribution in [0, 0.1) is 5.41 Å². The predicted molar refractivity (Wildman–Crippen MR) is 68.8 cm³/mol. The number of hydrogen-bond acceptors (Lipinski definition) is 3. The van der Waals surface area contributed by atoms with Gasteiger partial charge < -0.3 is 16.0 Å². The zero-order chi connectivity index (χ0) is 13.2. The van der Waals surface area contributed by atoms with E-state index in [2.05, 4.69) is 5.32 Å². The minimum atomic E-state index is -0.263. The van der Waals surface area contributed by atoms with Crippen LogP contribution in [0.2, 0.25) is 0 Å². The number of hydrogen-bond donors (Lipinski definition) is 2. The third-order valence-corrected chi connectivity index (χ3v) is 4.34. The van der Waals surface area contributed by atoms with Crippen LogP contribution in [0.1, 0.15) is 39.0 Å². The van der Waals surface area contributed by atoms with Crippen LogP contribution in [0.3, 0.4) is 0 Å². The average Bonchev–Trinajstić information content (AvgIpc) is 2.28. The van der Waals surface area contributed by atoms with E-state index in [9.17, 15) is 9.59 Å². The SMILES string of the molecule is CC(=O)NC1CCN(C(=O)C2(CN)CCC2)CC1. The highest BCUT2D eigenvalue weighted by Crippen LogP contribution is 2.41. The number of nitrogens with one attached hydrogen (secondary N) is 1. The van der Waals surface area contributed by atoms with Crippen molar-refractivity contribution in [1.82, 2.24) is 10.2 Å². The first-order chi connectivity index (χ1) is 8.57. The molecule has 0 aromatic heterocycles. The maximum atomic E-state index is 12.4. The second kappa shape index (κ2) is 5.26. The number of nitrogens with two attached hydrogens (primary N) is 1. The molecule has 2 aliphatic rings. The van der Waals surface area contributed by atoms with Gasteiger partial charge in [-0.25, -0.2) is 0 Å². The number of nitrogens with zero attached hydrogens (tertiary/aromatic N) is 1. The Bertz CT molecular complexity index is 326. The molecule has 2 fully saturated rings. The number of rotatable bonds is 3. The second-order valence-corrected chi connectivity index (χ2v) is 5.61. The third kappa shape index (κ3) is 2.51. The van der Waals surface area contributed by atoms with Gasteiger partial charge in [0.25, 0.3) is 0 Å². The number of amides is 2. The first-order valence-electron chi connectivity index (χ1n) is 6.84. The highest BCUT2D eigenvalue weighted by Gasteiger charge is 2.45. The largest absolute Gasteiger partial charge is 0.353 e. The van der Waals surface area contributed by atoms with E-state index < -0.39 is 0 Å². The molecule has 3 N–H and O–H groups in total. The fourth-order valence-corrected chi connectivity index (χ4v) is 2.96. The maximum absolute atomic E-state index is 12.4. The van der Waals surface area contributed by atoms with Gasteiger partial charge in [-0.15, -0.1) is 0 Å². The minimum Gasteiger partial charge on any atom is -0.353 e. The van der Waals surface area contributed by atoms with E-state index in [0.29, 0.717) is 6.54 Å². The van der Waals surface area contributed by atoms with Crippen molar-refractivity contribution >= 4 is 11.8 Å². The lowest BCUT2D eigenvalue weighted by Crippen LogP contribution is -2.55. The van der Waals surface area contributed by atoms with Gasteiger partial charge in [0.2, 0.25) is 11.8 Å². The van der Waals surface area contributed by atoms with Gasteiger partial charge in [0, 0.05) is 32.6 Å². The van der Waals surface area contributed by atoms with E-state index >= 15 is 0 Å². The van der Waals surface area contributed by atoms with Crippen LogP contribution < -0.4 is 11.1 Å². The molecule has 1 aliphatic carbocycles. The Morgan fingerprint density at radius 1 is 1.33 bits per heavy atom. The average molecular weight is 253 g/mol. The van der Waals surface area contributed by atoms with Gasteiger partial charge >= 0.3 is 0 Å². The number of carbonyl (C=O) groups excluding carboxylic acids is 2. The lowest BCUT2D eigenvalue weighted by molar-refractivity contribution is -0.147. The van der Waals surface area contributed by atoms with Gasteiger partial charge in [-0.3, -0.25) is 9.59 Å². The Morgan fingerprint density at radius 2 is 1.94 bits per heavy atom. The Hall–Kier alpha value is -1.10. The molecule has 0 atom stereocenters. The Kier molecular flexibility index (Phi) is 3.90. The summed E-state index contributed by atoms with van der Waals surface area (Å²) in [6, 6.07) is 0.224. The molecule has 0 unspecified atom stereocenters. The summed E-state index contributed by atoms with van der Waals surface area (Å²) in [5.41, 5.74) is 5.50. The van der Waals surface area contributed by atoms with Gasteiger partial charge in [0.15, 0.2) is 0 Å². The van der Waals surface area contributed by atoms with Crippen molar-refractivity contribution in [3.8, 4) is 0 Å². The Labute approximate surface area is 108 Å². The zero-order valence-electron chi connectivity index (χ0n) is 11.1. The normalized spacial score (nSPS) is 23.3. The second-order valence-electron chi connectivity index (χ2n) is 5.61. The summed E-state index contributed by atoms with van der Waals surface area (Å²) in [5, 5.41) is 2.92. The first-order valence-corrected chi connectivity index (χ1v) is 6.84. The third-order valence-electron chi connectivity index (χ3n) is 4.34. The number of carbonyl (C=O) groups is 2.